The molecule has 0 fully saturated rings. The Morgan fingerprint density at radius 2 is 1.82 bits per heavy atom. The van der Waals surface area contributed by atoms with Crippen molar-refractivity contribution >= 4 is 21.5 Å². The Morgan fingerprint density at radius 3 is 2.50 bits per heavy atom. The van der Waals surface area contributed by atoms with Gasteiger partial charge in [0.15, 0.2) is 0 Å². The van der Waals surface area contributed by atoms with E-state index in [1.54, 1.807) is 6.07 Å². The lowest BCUT2D eigenvalue weighted by Gasteiger charge is -2.26. The van der Waals surface area contributed by atoms with Crippen LogP contribution < -0.4 is 0 Å². The van der Waals surface area contributed by atoms with E-state index in [2.05, 4.69) is 41.1 Å². The Hall–Kier alpha value is -0.890. The van der Waals surface area contributed by atoms with Crippen molar-refractivity contribution in [2.24, 2.45) is 0 Å². The molecular formula is C20H26BrF. The second-order valence-electron chi connectivity index (χ2n) is 6.23. The molecule has 120 valence electrons. The van der Waals surface area contributed by atoms with Crippen LogP contribution in [0.25, 0.3) is 5.57 Å². The number of hydrogen-bond donors (Lipinski definition) is 0. The Bertz CT molecular complexity index is 532. The van der Waals surface area contributed by atoms with Crippen molar-refractivity contribution in [1.82, 2.24) is 0 Å². The summed E-state index contributed by atoms with van der Waals surface area (Å²) in [7, 11) is 0. The summed E-state index contributed by atoms with van der Waals surface area (Å²) in [6.45, 7) is 2.25. The summed E-state index contributed by atoms with van der Waals surface area (Å²) in [4.78, 5) is 0. The summed E-state index contributed by atoms with van der Waals surface area (Å²) in [5.74, 6) is -0.142. The van der Waals surface area contributed by atoms with E-state index >= 15 is 0 Å². The van der Waals surface area contributed by atoms with Gasteiger partial charge in [-0.2, -0.15) is 0 Å². The molecule has 0 saturated carbocycles. The first kappa shape index (κ1) is 17.5. The Kier molecular flexibility index (Phi) is 6.88. The van der Waals surface area contributed by atoms with E-state index in [0.29, 0.717) is 5.56 Å². The number of alkyl halides is 1. The number of unbranched alkanes of at least 4 members (excludes halogenated alkanes) is 5. The van der Waals surface area contributed by atoms with Gasteiger partial charge in [-0.15, -0.1) is 0 Å². The highest BCUT2D eigenvalue weighted by Crippen LogP contribution is 2.37. The second-order valence-corrected chi connectivity index (χ2v) is 7.81. The molecule has 1 aromatic carbocycles. The normalized spacial score (nSPS) is 21.0. The molecule has 1 aromatic rings. The fourth-order valence-electron chi connectivity index (χ4n) is 2.93. The molecule has 0 spiro atoms. The molecule has 0 amide bonds. The van der Waals surface area contributed by atoms with Gasteiger partial charge in [-0.25, -0.2) is 4.39 Å². The van der Waals surface area contributed by atoms with Crippen LogP contribution >= 0.6 is 15.9 Å². The topological polar surface area (TPSA) is 0 Å². The maximum Gasteiger partial charge on any atom is 0.131 e. The number of allylic oxidation sites excluding steroid dienone is 4. The first-order chi connectivity index (χ1) is 10.6. The van der Waals surface area contributed by atoms with Crippen LogP contribution in [0.5, 0.6) is 0 Å². The monoisotopic (exact) mass is 364 g/mol. The molecule has 2 heteroatoms. The van der Waals surface area contributed by atoms with Gasteiger partial charge in [0.25, 0.3) is 0 Å². The van der Waals surface area contributed by atoms with Crippen molar-refractivity contribution in [3.63, 3.8) is 0 Å². The van der Waals surface area contributed by atoms with Gasteiger partial charge in [-0.3, -0.25) is 0 Å². The highest BCUT2D eigenvalue weighted by atomic mass is 79.9. The Balaban J connectivity index is 1.83. The standard InChI is InChI=1S/C20H26BrF/c1-2-3-4-5-6-9-14-20(21)15-12-17(13-16-20)18-10-7-8-11-19(18)22/h7-8,10-13,15H,2-6,9,14,16H2,1H3. The second kappa shape index (κ2) is 8.67. The number of halogens is 2. The van der Waals surface area contributed by atoms with E-state index in [1.165, 1.54) is 44.6 Å². The molecule has 22 heavy (non-hydrogen) atoms. The smallest absolute Gasteiger partial charge is 0.131 e. The lowest BCUT2D eigenvalue weighted by Crippen LogP contribution is -2.18. The first-order valence-electron chi connectivity index (χ1n) is 8.48. The molecule has 1 atom stereocenters. The molecule has 0 aliphatic heterocycles. The van der Waals surface area contributed by atoms with Crippen molar-refractivity contribution in [3.8, 4) is 0 Å². The van der Waals surface area contributed by atoms with E-state index in [4.69, 9.17) is 0 Å². The summed E-state index contributed by atoms with van der Waals surface area (Å²) in [6.07, 6.45) is 16.4. The minimum Gasteiger partial charge on any atom is -0.206 e. The molecule has 2 rings (SSSR count). The van der Waals surface area contributed by atoms with E-state index in [9.17, 15) is 4.39 Å². The van der Waals surface area contributed by atoms with Crippen molar-refractivity contribution < 1.29 is 4.39 Å². The Morgan fingerprint density at radius 1 is 1.09 bits per heavy atom. The fraction of sp³-hybridized carbons (Fsp3) is 0.500. The zero-order valence-corrected chi connectivity index (χ0v) is 15.0. The number of hydrogen-bond acceptors (Lipinski definition) is 0. The van der Waals surface area contributed by atoms with Crippen molar-refractivity contribution in [3.05, 3.63) is 53.9 Å². The third-order valence-corrected chi connectivity index (χ3v) is 5.34. The van der Waals surface area contributed by atoms with Crippen LogP contribution in [0, 0.1) is 5.82 Å². The molecule has 0 aromatic heterocycles. The highest BCUT2D eigenvalue weighted by molar-refractivity contribution is 9.10. The first-order valence-corrected chi connectivity index (χ1v) is 9.27. The average Bonchev–Trinajstić information content (AvgIpc) is 2.52. The van der Waals surface area contributed by atoms with Crippen molar-refractivity contribution in [1.29, 1.82) is 0 Å². The molecule has 1 aliphatic carbocycles. The molecule has 1 unspecified atom stereocenters. The summed E-state index contributed by atoms with van der Waals surface area (Å²) in [5.41, 5.74) is 1.70. The fourth-order valence-corrected chi connectivity index (χ4v) is 3.51. The summed E-state index contributed by atoms with van der Waals surface area (Å²) in [5, 5.41) is 0. The van der Waals surface area contributed by atoms with E-state index in [-0.39, 0.29) is 10.1 Å². The lowest BCUT2D eigenvalue weighted by molar-refractivity contribution is 0.551. The summed E-state index contributed by atoms with van der Waals surface area (Å²) >= 11 is 3.87. The van der Waals surface area contributed by atoms with E-state index in [1.807, 2.05) is 12.1 Å². The maximum atomic E-state index is 13.8. The third kappa shape index (κ3) is 5.08. The molecule has 0 heterocycles. The molecule has 1 aliphatic rings. The van der Waals surface area contributed by atoms with Gasteiger partial charge in [0, 0.05) is 9.89 Å². The lowest BCUT2D eigenvalue weighted by atomic mass is 9.89. The van der Waals surface area contributed by atoms with Gasteiger partial charge in [0.05, 0.1) is 0 Å². The predicted molar refractivity (Wildman–Crippen MR) is 97.8 cm³/mol. The highest BCUT2D eigenvalue weighted by Gasteiger charge is 2.24. The quantitative estimate of drug-likeness (QED) is 0.342. The number of benzene rings is 1. The largest absolute Gasteiger partial charge is 0.206 e. The van der Waals surface area contributed by atoms with Gasteiger partial charge >= 0.3 is 0 Å². The van der Waals surface area contributed by atoms with Gasteiger partial charge in [0.2, 0.25) is 0 Å². The molecule has 0 bridgehead atoms. The van der Waals surface area contributed by atoms with Gasteiger partial charge in [-0.1, -0.05) is 97.8 Å². The minimum absolute atomic E-state index is 0.0620. The van der Waals surface area contributed by atoms with Crippen LogP contribution in [0.3, 0.4) is 0 Å². The molecule has 0 radical (unpaired) electrons. The molecule has 0 saturated heterocycles. The molecule has 0 nitrogen and oxygen atoms in total. The van der Waals surface area contributed by atoms with Crippen LogP contribution in [0.15, 0.2) is 42.5 Å². The van der Waals surface area contributed by atoms with E-state index < -0.39 is 0 Å². The van der Waals surface area contributed by atoms with Crippen LogP contribution in [0.2, 0.25) is 0 Å². The number of rotatable bonds is 8. The molecule has 0 N–H and O–H groups in total. The van der Waals surface area contributed by atoms with Crippen molar-refractivity contribution in [2.75, 3.05) is 0 Å². The SMILES string of the molecule is CCCCCCCCC1(Br)C=CC(c2ccccc2F)=CC1. The average molecular weight is 365 g/mol. The third-order valence-electron chi connectivity index (χ3n) is 4.35. The van der Waals surface area contributed by atoms with Crippen LogP contribution in [0.1, 0.15) is 63.9 Å². The van der Waals surface area contributed by atoms with Gasteiger partial charge in [-0.05, 0) is 24.5 Å². The summed E-state index contributed by atoms with van der Waals surface area (Å²) in [6, 6.07) is 7.00. The zero-order chi connectivity index (χ0) is 15.8. The minimum atomic E-state index is -0.142. The predicted octanol–water partition coefficient (Wildman–Crippen LogP) is 7.05. The van der Waals surface area contributed by atoms with Crippen LogP contribution in [-0.2, 0) is 0 Å². The maximum absolute atomic E-state index is 13.8. The Labute approximate surface area is 142 Å². The van der Waals surface area contributed by atoms with E-state index in [0.717, 1.165) is 18.4 Å². The zero-order valence-electron chi connectivity index (χ0n) is 13.5. The summed E-state index contributed by atoms with van der Waals surface area (Å²) < 4.78 is 13.9. The molecular weight excluding hydrogens is 339 g/mol. The van der Waals surface area contributed by atoms with Gasteiger partial charge < -0.3 is 0 Å². The van der Waals surface area contributed by atoms with Crippen LogP contribution in [-0.4, -0.2) is 4.32 Å². The van der Waals surface area contributed by atoms with Crippen molar-refractivity contribution in [2.45, 2.75) is 62.6 Å². The van der Waals surface area contributed by atoms with Gasteiger partial charge in [0.1, 0.15) is 5.82 Å². The van der Waals surface area contributed by atoms with Crippen LogP contribution in [0.4, 0.5) is 4.39 Å².